The van der Waals surface area contributed by atoms with Crippen molar-refractivity contribution in [3.05, 3.63) is 16.6 Å². The summed E-state index contributed by atoms with van der Waals surface area (Å²) >= 11 is 1.77. The van der Waals surface area contributed by atoms with Crippen LogP contribution >= 0.6 is 11.3 Å². The molecule has 0 spiro atoms. The van der Waals surface area contributed by atoms with E-state index in [0.717, 1.165) is 0 Å². The molecule has 2 rings (SSSR count). The number of piperidine rings is 1. The molecule has 1 aliphatic heterocycles. The second-order valence-corrected chi connectivity index (χ2v) is 4.59. The minimum atomic E-state index is 0.577. The predicted octanol–water partition coefficient (Wildman–Crippen LogP) is 2.69. The van der Waals surface area contributed by atoms with Crippen molar-refractivity contribution in [3.8, 4) is 0 Å². The Kier molecular flexibility index (Phi) is 2.96. The van der Waals surface area contributed by atoms with E-state index in [2.05, 4.69) is 16.8 Å². The molecule has 0 bridgehead atoms. The summed E-state index contributed by atoms with van der Waals surface area (Å²) in [5.41, 5.74) is 1.93. The Morgan fingerprint density at radius 1 is 1.38 bits per heavy atom. The van der Waals surface area contributed by atoms with Crippen molar-refractivity contribution in [1.29, 1.82) is 0 Å². The minimum Gasteiger partial charge on any atom is -0.296 e. The van der Waals surface area contributed by atoms with E-state index in [1.807, 2.05) is 11.7 Å². The molecule has 3 heteroatoms. The van der Waals surface area contributed by atoms with Crippen molar-refractivity contribution >= 4 is 11.3 Å². The Hall–Kier alpha value is -0.410. The molecule has 0 saturated carbocycles. The third-order valence-electron chi connectivity index (χ3n) is 2.80. The summed E-state index contributed by atoms with van der Waals surface area (Å²) in [4.78, 5) is 8.10. The highest BCUT2D eigenvalue weighted by molar-refractivity contribution is 7.09. The van der Waals surface area contributed by atoms with E-state index in [1.54, 1.807) is 11.3 Å². The zero-order valence-electron chi connectivity index (χ0n) is 8.07. The molecule has 2 nitrogen and oxygen atoms in total. The number of aromatic nitrogens is 1. The smallest absolute Gasteiger partial charge is 0.0794 e. The van der Waals surface area contributed by atoms with E-state index in [-0.39, 0.29) is 0 Å². The van der Waals surface area contributed by atoms with Crippen LogP contribution in [0.25, 0.3) is 0 Å². The number of rotatable bonds is 2. The molecule has 0 radical (unpaired) electrons. The molecule has 1 atom stereocenters. The van der Waals surface area contributed by atoms with Crippen molar-refractivity contribution in [1.82, 2.24) is 9.88 Å². The highest BCUT2D eigenvalue weighted by atomic mass is 32.1. The quantitative estimate of drug-likeness (QED) is 0.723. The first-order valence-electron chi connectivity index (χ1n) is 5.00. The molecule has 1 aliphatic rings. The highest BCUT2D eigenvalue weighted by Crippen LogP contribution is 2.25. The van der Waals surface area contributed by atoms with Gasteiger partial charge in [0.15, 0.2) is 0 Å². The first-order valence-corrected chi connectivity index (χ1v) is 5.88. The fraction of sp³-hybridized carbons (Fsp3) is 0.700. The lowest BCUT2D eigenvalue weighted by Crippen LogP contribution is -2.31. The highest BCUT2D eigenvalue weighted by Gasteiger charge is 2.18. The summed E-state index contributed by atoms with van der Waals surface area (Å²) in [7, 11) is 0. The molecule has 1 aromatic rings. The third kappa shape index (κ3) is 2.09. The second kappa shape index (κ2) is 4.20. The SMILES string of the molecule is CC(c1cncs1)N1CCCCC1. The van der Waals surface area contributed by atoms with Gasteiger partial charge >= 0.3 is 0 Å². The fourth-order valence-electron chi connectivity index (χ4n) is 1.92. The van der Waals surface area contributed by atoms with E-state index in [0.29, 0.717) is 6.04 Å². The fourth-order valence-corrected chi connectivity index (χ4v) is 2.63. The van der Waals surface area contributed by atoms with Crippen LogP contribution in [0.3, 0.4) is 0 Å². The first kappa shape index (κ1) is 9.16. The lowest BCUT2D eigenvalue weighted by Gasteiger charge is -2.31. The van der Waals surface area contributed by atoms with Crippen LogP contribution in [-0.2, 0) is 0 Å². The standard InChI is InChI=1S/C10H16N2S/c1-9(10-7-11-8-13-10)12-5-3-2-4-6-12/h7-9H,2-6H2,1H3. The molecule has 2 heterocycles. The van der Waals surface area contributed by atoms with Crippen LogP contribution in [-0.4, -0.2) is 23.0 Å². The van der Waals surface area contributed by atoms with E-state index >= 15 is 0 Å². The Morgan fingerprint density at radius 2 is 2.15 bits per heavy atom. The number of hydrogen-bond acceptors (Lipinski definition) is 3. The van der Waals surface area contributed by atoms with Gasteiger partial charge in [0.05, 0.1) is 5.51 Å². The van der Waals surface area contributed by atoms with Crippen LogP contribution in [0.2, 0.25) is 0 Å². The van der Waals surface area contributed by atoms with Gasteiger partial charge < -0.3 is 0 Å². The largest absolute Gasteiger partial charge is 0.296 e. The molecule has 0 N–H and O–H groups in total. The van der Waals surface area contributed by atoms with Gasteiger partial charge in [0.2, 0.25) is 0 Å². The maximum atomic E-state index is 4.13. The number of likely N-dealkylation sites (tertiary alicyclic amines) is 1. The molecule has 1 aromatic heterocycles. The van der Waals surface area contributed by atoms with Crippen LogP contribution in [0.1, 0.15) is 37.1 Å². The van der Waals surface area contributed by atoms with Gasteiger partial charge in [-0.05, 0) is 32.9 Å². The van der Waals surface area contributed by atoms with Crippen molar-refractivity contribution in [3.63, 3.8) is 0 Å². The zero-order valence-corrected chi connectivity index (χ0v) is 8.89. The molecule has 1 saturated heterocycles. The van der Waals surface area contributed by atoms with E-state index in [1.165, 1.54) is 37.2 Å². The molecule has 0 aromatic carbocycles. The average Bonchev–Trinajstić information content (AvgIpc) is 2.71. The molecular formula is C10H16N2S. The van der Waals surface area contributed by atoms with Crippen molar-refractivity contribution < 1.29 is 0 Å². The monoisotopic (exact) mass is 196 g/mol. The number of nitrogens with zero attached hydrogens (tertiary/aromatic N) is 2. The molecule has 1 unspecified atom stereocenters. The Balaban J connectivity index is 1.99. The predicted molar refractivity (Wildman–Crippen MR) is 56.0 cm³/mol. The van der Waals surface area contributed by atoms with Gasteiger partial charge in [-0.2, -0.15) is 0 Å². The lowest BCUT2D eigenvalue weighted by molar-refractivity contribution is 0.177. The van der Waals surface area contributed by atoms with Crippen LogP contribution in [0, 0.1) is 0 Å². The summed E-state index contributed by atoms with van der Waals surface area (Å²) in [5, 5.41) is 0. The van der Waals surface area contributed by atoms with Gasteiger partial charge in [-0.3, -0.25) is 9.88 Å². The number of hydrogen-bond donors (Lipinski definition) is 0. The molecule has 0 aliphatic carbocycles. The van der Waals surface area contributed by atoms with Crippen molar-refractivity contribution in [2.45, 2.75) is 32.2 Å². The summed E-state index contributed by atoms with van der Waals surface area (Å²) in [5.74, 6) is 0. The van der Waals surface area contributed by atoms with Gasteiger partial charge in [0.25, 0.3) is 0 Å². The van der Waals surface area contributed by atoms with Gasteiger partial charge in [-0.1, -0.05) is 6.42 Å². The van der Waals surface area contributed by atoms with Gasteiger partial charge in [-0.25, -0.2) is 0 Å². The summed E-state index contributed by atoms with van der Waals surface area (Å²) in [6, 6.07) is 0.577. The molecule has 1 fully saturated rings. The van der Waals surface area contributed by atoms with Crippen molar-refractivity contribution in [2.24, 2.45) is 0 Å². The Morgan fingerprint density at radius 3 is 2.77 bits per heavy atom. The molecule has 72 valence electrons. The molecule has 0 amide bonds. The van der Waals surface area contributed by atoms with Crippen LogP contribution in [0.4, 0.5) is 0 Å². The average molecular weight is 196 g/mol. The minimum absolute atomic E-state index is 0.577. The number of thiazole rings is 1. The summed E-state index contributed by atoms with van der Waals surface area (Å²) < 4.78 is 0. The zero-order chi connectivity index (χ0) is 9.10. The van der Waals surface area contributed by atoms with Crippen LogP contribution in [0.15, 0.2) is 11.7 Å². The first-order chi connectivity index (χ1) is 6.38. The van der Waals surface area contributed by atoms with E-state index < -0.39 is 0 Å². The summed E-state index contributed by atoms with van der Waals surface area (Å²) in [6.45, 7) is 4.82. The third-order valence-corrected chi connectivity index (χ3v) is 3.75. The Bertz CT molecular complexity index is 239. The maximum Gasteiger partial charge on any atom is 0.0794 e. The lowest BCUT2D eigenvalue weighted by atomic mass is 10.1. The van der Waals surface area contributed by atoms with Gasteiger partial charge in [-0.15, -0.1) is 11.3 Å². The van der Waals surface area contributed by atoms with Gasteiger partial charge in [0.1, 0.15) is 0 Å². The van der Waals surface area contributed by atoms with Gasteiger partial charge in [0, 0.05) is 17.1 Å². The second-order valence-electron chi connectivity index (χ2n) is 3.68. The van der Waals surface area contributed by atoms with Crippen molar-refractivity contribution in [2.75, 3.05) is 13.1 Å². The van der Waals surface area contributed by atoms with E-state index in [4.69, 9.17) is 0 Å². The van der Waals surface area contributed by atoms with Crippen LogP contribution in [0.5, 0.6) is 0 Å². The molecular weight excluding hydrogens is 180 g/mol. The topological polar surface area (TPSA) is 16.1 Å². The molecule has 13 heavy (non-hydrogen) atoms. The maximum absolute atomic E-state index is 4.13. The summed E-state index contributed by atoms with van der Waals surface area (Å²) in [6.07, 6.45) is 6.14. The normalized spacial score (nSPS) is 21.6. The van der Waals surface area contributed by atoms with Crippen LogP contribution < -0.4 is 0 Å². The Labute approximate surface area is 83.6 Å². The van der Waals surface area contributed by atoms with E-state index in [9.17, 15) is 0 Å².